The van der Waals surface area contributed by atoms with Gasteiger partial charge in [-0.05, 0) is 57.5 Å². The average Bonchev–Trinajstić information content (AvgIpc) is 2.47. The van der Waals surface area contributed by atoms with E-state index in [-0.39, 0.29) is 10.4 Å². The molecule has 6 heteroatoms. The van der Waals surface area contributed by atoms with Crippen molar-refractivity contribution in [1.29, 1.82) is 5.26 Å². The summed E-state index contributed by atoms with van der Waals surface area (Å²) in [6.07, 6.45) is 1.58. The van der Waals surface area contributed by atoms with Gasteiger partial charge in [0.1, 0.15) is 0 Å². The predicted molar refractivity (Wildman–Crippen MR) is 81.4 cm³/mol. The second kappa shape index (κ2) is 5.76. The van der Waals surface area contributed by atoms with Gasteiger partial charge in [-0.15, -0.1) is 0 Å². The summed E-state index contributed by atoms with van der Waals surface area (Å²) in [6, 6.07) is 6.73. The SMILES string of the molecule is CNC1(C)CCN(S(=O)(=O)c2ccc(C#N)c(C)c2)CC1. The molecule has 0 unspecified atom stereocenters. The highest BCUT2D eigenvalue weighted by molar-refractivity contribution is 7.89. The molecule has 0 spiro atoms. The van der Waals surface area contributed by atoms with Gasteiger partial charge in [-0.25, -0.2) is 8.42 Å². The number of hydrogen-bond donors (Lipinski definition) is 1. The Morgan fingerprint density at radius 1 is 1.33 bits per heavy atom. The quantitative estimate of drug-likeness (QED) is 0.921. The standard InChI is InChI=1S/C15H21N3O2S/c1-12-10-14(5-4-13(12)11-16)21(19,20)18-8-6-15(2,17-3)7-9-18/h4-5,10,17H,6-9H2,1-3H3. The summed E-state index contributed by atoms with van der Waals surface area (Å²) >= 11 is 0. The normalized spacial score (nSPS) is 19.1. The van der Waals surface area contributed by atoms with Gasteiger partial charge in [0, 0.05) is 18.6 Å². The van der Waals surface area contributed by atoms with Gasteiger partial charge in [0.2, 0.25) is 10.0 Å². The van der Waals surface area contributed by atoms with Crippen molar-refractivity contribution in [3.8, 4) is 6.07 Å². The number of rotatable bonds is 3. The van der Waals surface area contributed by atoms with Gasteiger partial charge in [0.15, 0.2) is 0 Å². The second-order valence-corrected chi connectivity index (χ2v) is 7.74. The molecular formula is C15H21N3O2S. The van der Waals surface area contributed by atoms with Crippen LogP contribution in [0, 0.1) is 18.3 Å². The first kappa shape index (κ1) is 16.0. The highest BCUT2D eigenvalue weighted by Crippen LogP contribution is 2.26. The largest absolute Gasteiger partial charge is 0.314 e. The third-order valence-electron chi connectivity index (χ3n) is 4.39. The smallest absolute Gasteiger partial charge is 0.243 e. The summed E-state index contributed by atoms with van der Waals surface area (Å²) < 4.78 is 26.9. The Labute approximate surface area is 126 Å². The van der Waals surface area contributed by atoms with E-state index in [1.807, 2.05) is 7.05 Å². The summed E-state index contributed by atoms with van der Waals surface area (Å²) in [4.78, 5) is 0.270. The molecule has 1 aromatic rings. The van der Waals surface area contributed by atoms with Gasteiger partial charge in [-0.2, -0.15) is 9.57 Å². The summed E-state index contributed by atoms with van der Waals surface area (Å²) in [7, 11) is -1.56. The van der Waals surface area contributed by atoms with Crippen molar-refractivity contribution >= 4 is 10.0 Å². The second-order valence-electron chi connectivity index (χ2n) is 5.80. The zero-order valence-corrected chi connectivity index (χ0v) is 13.5. The summed E-state index contributed by atoms with van der Waals surface area (Å²) in [5.74, 6) is 0. The molecule has 0 amide bonds. The molecule has 5 nitrogen and oxygen atoms in total. The Bertz CT molecular complexity index is 669. The molecule has 1 heterocycles. The molecule has 0 saturated carbocycles. The van der Waals surface area contributed by atoms with Crippen LogP contribution in [0.3, 0.4) is 0 Å². The fraction of sp³-hybridized carbons (Fsp3) is 0.533. The van der Waals surface area contributed by atoms with Crippen LogP contribution in [0.2, 0.25) is 0 Å². The van der Waals surface area contributed by atoms with Gasteiger partial charge in [-0.3, -0.25) is 0 Å². The van der Waals surface area contributed by atoms with Crippen molar-refractivity contribution in [3.63, 3.8) is 0 Å². The summed E-state index contributed by atoms with van der Waals surface area (Å²) in [5.41, 5.74) is 1.21. The van der Waals surface area contributed by atoms with E-state index in [1.165, 1.54) is 10.4 Å². The first-order valence-corrected chi connectivity index (χ1v) is 8.46. The zero-order valence-electron chi connectivity index (χ0n) is 12.7. The Morgan fingerprint density at radius 2 is 1.95 bits per heavy atom. The molecule has 0 aliphatic carbocycles. The number of aryl methyl sites for hydroxylation is 1. The maximum absolute atomic E-state index is 12.7. The van der Waals surface area contributed by atoms with Crippen LogP contribution >= 0.6 is 0 Å². The first-order chi connectivity index (χ1) is 9.82. The number of benzene rings is 1. The first-order valence-electron chi connectivity index (χ1n) is 7.02. The van der Waals surface area contributed by atoms with Crippen LogP contribution in [0.5, 0.6) is 0 Å². The molecule has 2 rings (SSSR count). The van der Waals surface area contributed by atoms with E-state index in [9.17, 15) is 8.42 Å². The highest BCUT2D eigenvalue weighted by Gasteiger charge is 2.34. The van der Waals surface area contributed by atoms with E-state index in [2.05, 4.69) is 18.3 Å². The van der Waals surface area contributed by atoms with E-state index in [4.69, 9.17) is 5.26 Å². The lowest BCUT2D eigenvalue weighted by molar-refractivity contribution is 0.219. The molecular weight excluding hydrogens is 286 g/mol. The highest BCUT2D eigenvalue weighted by atomic mass is 32.2. The number of nitrogens with one attached hydrogen (secondary N) is 1. The molecule has 0 bridgehead atoms. The lowest BCUT2D eigenvalue weighted by Crippen LogP contribution is -2.51. The molecule has 1 fully saturated rings. The Balaban J connectivity index is 2.24. The minimum Gasteiger partial charge on any atom is -0.314 e. The van der Waals surface area contributed by atoms with Crippen molar-refractivity contribution < 1.29 is 8.42 Å². The van der Waals surface area contributed by atoms with Gasteiger partial charge in [0.25, 0.3) is 0 Å². The van der Waals surface area contributed by atoms with Crippen LogP contribution in [0.1, 0.15) is 30.9 Å². The van der Waals surface area contributed by atoms with Crippen molar-refractivity contribution in [1.82, 2.24) is 9.62 Å². The van der Waals surface area contributed by atoms with Crippen LogP contribution in [0.15, 0.2) is 23.1 Å². The predicted octanol–water partition coefficient (Wildman–Crippen LogP) is 1.63. The molecule has 114 valence electrons. The Kier molecular flexibility index (Phi) is 4.38. The topological polar surface area (TPSA) is 73.2 Å². The number of nitrogens with zero attached hydrogens (tertiary/aromatic N) is 2. The van der Waals surface area contributed by atoms with Crippen LogP contribution in [0.25, 0.3) is 0 Å². The van der Waals surface area contributed by atoms with E-state index in [0.717, 1.165) is 12.8 Å². The summed E-state index contributed by atoms with van der Waals surface area (Å²) in [6.45, 7) is 4.89. The number of hydrogen-bond acceptors (Lipinski definition) is 4. The van der Waals surface area contributed by atoms with Crippen LogP contribution in [-0.2, 0) is 10.0 Å². The van der Waals surface area contributed by atoms with Crippen molar-refractivity contribution in [3.05, 3.63) is 29.3 Å². The third kappa shape index (κ3) is 3.10. The van der Waals surface area contributed by atoms with Crippen molar-refractivity contribution in [2.75, 3.05) is 20.1 Å². The fourth-order valence-corrected chi connectivity index (χ4v) is 4.07. The van der Waals surface area contributed by atoms with Gasteiger partial charge in [0.05, 0.1) is 16.5 Å². The van der Waals surface area contributed by atoms with Crippen LogP contribution in [0.4, 0.5) is 0 Å². The molecule has 1 N–H and O–H groups in total. The van der Waals surface area contributed by atoms with Crippen LogP contribution < -0.4 is 5.32 Å². The van der Waals surface area contributed by atoms with E-state index >= 15 is 0 Å². The fourth-order valence-electron chi connectivity index (χ4n) is 2.54. The Morgan fingerprint density at radius 3 is 2.43 bits per heavy atom. The maximum Gasteiger partial charge on any atom is 0.243 e. The minimum atomic E-state index is -3.47. The molecule has 21 heavy (non-hydrogen) atoms. The zero-order chi connectivity index (χ0) is 15.7. The molecule has 1 saturated heterocycles. The number of piperidine rings is 1. The van der Waals surface area contributed by atoms with E-state index in [1.54, 1.807) is 19.1 Å². The molecule has 1 aliphatic rings. The lowest BCUT2D eigenvalue weighted by atomic mass is 9.91. The van der Waals surface area contributed by atoms with E-state index < -0.39 is 10.0 Å². The van der Waals surface area contributed by atoms with Crippen molar-refractivity contribution in [2.24, 2.45) is 0 Å². The van der Waals surface area contributed by atoms with Crippen LogP contribution in [-0.4, -0.2) is 38.4 Å². The molecule has 1 aliphatic heterocycles. The number of sulfonamides is 1. The van der Waals surface area contributed by atoms with Crippen molar-refractivity contribution in [2.45, 2.75) is 37.1 Å². The van der Waals surface area contributed by atoms with Gasteiger partial charge < -0.3 is 5.32 Å². The molecule has 0 atom stereocenters. The molecule has 0 aromatic heterocycles. The van der Waals surface area contributed by atoms with E-state index in [0.29, 0.717) is 24.2 Å². The lowest BCUT2D eigenvalue weighted by Gasteiger charge is -2.38. The molecule has 1 aromatic carbocycles. The van der Waals surface area contributed by atoms with Gasteiger partial charge >= 0.3 is 0 Å². The minimum absolute atomic E-state index is 0.00655. The van der Waals surface area contributed by atoms with Gasteiger partial charge in [-0.1, -0.05) is 0 Å². The Hall–Kier alpha value is -1.42. The maximum atomic E-state index is 12.7. The third-order valence-corrected chi connectivity index (χ3v) is 6.28. The summed E-state index contributed by atoms with van der Waals surface area (Å²) in [5, 5.41) is 12.2. The monoisotopic (exact) mass is 307 g/mol. The molecule has 0 radical (unpaired) electrons. The number of nitriles is 1. The average molecular weight is 307 g/mol.